The molecule has 1 aliphatic rings. The second-order valence-electron chi connectivity index (χ2n) is 5.33. The fraction of sp³-hybridized carbons (Fsp3) is 0. The highest BCUT2D eigenvalue weighted by Gasteiger charge is 2.29. The van der Waals surface area contributed by atoms with Gasteiger partial charge in [0.1, 0.15) is 0 Å². The minimum atomic E-state index is -0.0763. The fourth-order valence-electron chi connectivity index (χ4n) is 2.70. The minimum absolute atomic E-state index is 0.0763. The molecule has 3 aromatic carbocycles. The summed E-state index contributed by atoms with van der Waals surface area (Å²) >= 11 is 11.3. The van der Waals surface area contributed by atoms with Crippen LogP contribution in [0.15, 0.2) is 81.0 Å². The van der Waals surface area contributed by atoms with Crippen molar-refractivity contribution in [2.24, 2.45) is 0 Å². The van der Waals surface area contributed by atoms with Gasteiger partial charge in [-0.05, 0) is 48.5 Å². The number of rotatable bonds is 1. The first kappa shape index (κ1) is 15.8. The van der Waals surface area contributed by atoms with E-state index in [2.05, 4.69) is 15.9 Å². The molecule has 0 bridgehead atoms. The lowest BCUT2D eigenvalue weighted by Crippen LogP contribution is -2.28. The van der Waals surface area contributed by atoms with Crippen molar-refractivity contribution in [2.45, 2.75) is 9.79 Å². The SMILES string of the molecule is O=C(c1cccc(Br)c1)N1c2ccccc2Sc2ccc(Cl)cc21. The topological polar surface area (TPSA) is 20.3 Å². The molecule has 0 saturated heterocycles. The predicted molar refractivity (Wildman–Crippen MR) is 103 cm³/mol. The van der Waals surface area contributed by atoms with Gasteiger partial charge in [-0.2, -0.15) is 0 Å². The number of hydrogen-bond donors (Lipinski definition) is 0. The number of halogens is 2. The van der Waals surface area contributed by atoms with Gasteiger partial charge >= 0.3 is 0 Å². The summed E-state index contributed by atoms with van der Waals surface area (Å²) in [5, 5.41) is 0.612. The molecule has 118 valence electrons. The molecule has 3 aromatic rings. The average Bonchev–Trinajstić information content (AvgIpc) is 2.59. The third kappa shape index (κ3) is 2.75. The van der Waals surface area contributed by atoms with Crippen molar-refractivity contribution in [2.75, 3.05) is 4.90 Å². The largest absolute Gasteiger partial charge is 0.275 e. The predicted octanol–water partition coefficient (Wildman–Crippen LogP) is 6.55. The van der Waals surface area contributed by atoms with Crippen LogP contribution >= 0.6 is 39.3 Å². The van der Waals surface area contributed by atoms with Gasteiger partial charge < -0.3 is 0 Å². The second-order valence-corrected chi connectivity index (χ2v) is 7.77. The van der Waals surface area contributed by atoms with Crippen molar-refractivity contribution in [3.05, 3.63) is 81.8 Å². The maximum absolute atomic E-state index is 13.2. The van der Waals surface area contributed by atoms with Crippen molar-refractivity contribution in [3.63, 3.8) is 0 Å². The summed E-state index contributed by atoms with van der Waals surface area (Å²) in [5.41, 5.74) is 2.32. The molecule has 1 heterocycles. The molecule has 0 N–H and O–H groups in total. The van der Waals surface area contributed by atoms with Crippen LogP contribution < -0.4 is 4.90 Å². The van der Waals surface area contributed by atoms with Gasteiger partial charge in [0.05, 0.1) is 11.4 Å². The van der Waals surface area contributed by atoms with Crippen LogP contribution in [0.1, 0.15) is 10.4 Å². The number of hydrogen-bond acceptors (Lipinski definition) is 2. The Morgan fingerprint density at radius 3 is 2.54 bits per heavy atom. The summed E-state index contributed by atoms with van der Waals surface area (Å²) in [7, 11) is 0. The van der Waals surface area contributed by atoms with Crippen LogP contribution in [0.2, 0.25) is 5.02 Å². The molecule has 0 aromatic heterocycles. The normalized spacial score (nSPS) is 12.5. The zero-order valence-corrected chi connectivity index (χ0v) is 15.5. The molecule has 0 spiro atoms. The van der Waals surface area contributed by atoms with E-state index in [0.29, 0.717) is 10.6 Å². The average molecular weight is 417 g/mol. The summed E-state index contributed by atoms with van der Waals surface area (Å²) in [6.45, 7) is 0. The first-order chi connectivity index (χ1) is 11.6. The van der Waals surface area contributed by atoms with Crippen LogP contribution in [-0.4, -0.2) is 5.91 Å². The molecule has 1 amide bonds. The van der Waals surface area contributed by atoms with Crippen molar-refractivity contribution < 1.29 is 4.79 Å². The molecule has 0 radical (unpaired) electrons. The quantitative estimate of drug-likeness (QED) is 0.448. The fourth-order valence-corrected chi connectivity index (χ4v) is 4.30. The number of carbonyl (C=O) groups is 1. The molecule has 0 fully saturated rings. The number of nitrogens with zero attached hydrogens (tertiary/aromatic N) is 1. The van der Waals surface area contributed by atoms with Crippen LogP contribution in [-0.2, 0) is 0 Å². The van der Waals surface area contributed by atoms with E-state index in [1.807, 2.05) is 66.7 Å². The molecule has 2 nitrogen and oxygen atoms in total. The van der Waals surface area contributed by atoms with Crippen LogP contribution in [0.5, 0.6) is 0 Å². The van der Waals surface area contributed by atoms with Gasteiger partial charge in [-0.3, -0.25) is 9.69 Å². The second kappa shape index (κ2) is 6.28. The molecule has 0 saturated carbocycles. The lowest BCUT2D eigenvalue weighted by molar-refractivity contribution is 0.0998. The van der Waals surface area contributed by atoms with E-state index in [9.17, 15) is 4.79 Å². The van der Waals surface area contributed by atoms with Gasteiger partial charge in [0.2, 0.25) is 0 Å². The van der Waals surface area contributed by atoms with E-state index in [-0.39, 0.29) is 5.91 Å². The number of benzene rings is 3. The molecule has 1 aliphatic heterocycles. The van der Waals surface area contributed by atoms with E-state index in [1.54, 1.807) is 16.7 Å². The summed E-state index contributed by atoms with van der Waals surface area (Å²) < 4.78 is 0.874. The Hall–Kier alpha value is -1.75. The van der Waals surface area contributed by atoms with Gasteiger partial charge in [-0.1, -0.05) is 57.5 Å². The Kier molecular flexibility index (Phi) is 4.12. The van der Waals surface area contributed by atoms with E-state index < -0.39 is 0 Å². The van der Waals surface area contributed by atoms with Crippen LogP contribution in [0.25, 0.3) is 0 Å². The Labute approximate surface area is 157 Å². The maximum Gasteiger partial charge on any atom is 0.262 e. The monoisotopic (exact) mass is 415 g/mol. The van der Waals surface area contributed by atoms with E-state index in [1.165, 1.54) is 0 Å². The van der Waals surface area contributed by atoms with Gasteiger partial charge in [0.25, 0.3) is 5.91 Å². The molecule has 4 rings (SSSR count). The van der Waals surface area contributed by atoms with Crippen LogP contribution in [0.3, 0.4) is 0 Å². The molecule has 0 unspecified atom stereocenters. The highest BCUT2D eigenvalue weighted by atomic mass is 79.9. The lowest BCUT2D eigenvalue weighted by atomic mass is 10.1. The Morgan fingerprint density at radius 2 is 1.71 bits per heavy atom. The third-order valence-corrected chi connectivity index (χ3v) is 5.62. The zero-order valence-electron chi connectivity index (χ0n) is 12.4. The first-order valence-corrected chi connectivity index (χ1v) is 9.29. The van der Waals surface area contributed by atoms with Crippen molar-refractivity contribution in [3.8, 4) is 0 Å². The molecule has 0 atom stereocenters. The first-order valence-electron chi connectivity index (χ1n) is 7.30. The number of fused-ring (bicyclic) bond motifs is 2. The Morgan fingerprint density at radius 1 is 0.917 bits per heavy atom. The number of para-hydroxylation sites is 1. The maximum atomic E-state index is 13.2. The zero-order chi connectivity index (χ0) is 16.7. The molecule has 0 aliphatic carbocycles. The number of amides is 1. The number of anilines is 2. The summed E-state index contributed by atoms with van der Waals surface area (Å²) in [6.07, 6.45) is 0. The standard InChI is InChI=1S/C19H11BrClNOS/c20-13-5-3-4-12(10-13)19(23)22-15-6-1-2-7-17(15)24-18-9-8-14(21)11-16(18)22/h1-11H. The van der Waals surface area contributed by atoms with Crippen molar-refractivity contribution >= 4 is 56.6 Å². The highest BCUT2D eigenvalue weighted by molar-refractivity contribution is 9.10. The van der Waals surface area contributed by atoms with Crippen LogP contribution in [0.4, 0.5) is 11.4 Å². The molecule has 24 heavy (non-hydrogen) atoms. The van der Waals surface area contributed by atoms with Gasteiger partial charge in [-0.25, -0.2) is 0 Å². The highest BCUT2D eigenvalue weighted by Crippen LogP contribution is 2.49. The van der Waals surface area contributed by atoms with E-state index in [0.717, 1.165) is 25.6 Å². The Bertz CT molecular complexity index is 960. The number of carbonyl (C=O) groups excluding carboxylic acids is 1. The minimum Gasteiger partial charge on any atom is -0.275 e. The van der Waals surface area contributed by atoms with Crippen molar-refractivity contribution in [1.82, 2.24) is 0 Å². The summed E-state index contributed by atoms with van der Waals surface area (Å²) in [4.78, 5) is 17.1. The lowest BCUT2D eigenvalue weighted by Gasteiger charge is -2.31. The molecular formula is C19H11BrClNOS. The molecular weight excluding hydrogens is 406 g/mol. The van der Waals surface area contributed by atoms with E-state index >= 15 is 0 Å². The van der Waals surface area contributed by atoms with Gasteiger partial charge in [-0.15, -0.1) is 0 Å². The van der Waals surface area contributed by atoms with Gasteiger partial charge in [0.15, 0.2) is 0 Å². The summed E-state index contributed by atoms with van der Waals surface area (Å²) in [5.74, 6) is -0.0763. The van der Waals surface area contributed by atoms with E-state index in [4.69, 9.17) is 11.6 Å². The van der Waals surface area contributed by atoms with Crippen LogP contribution in [0, 0.1) is 0 Å². The van der Waals surface area contributed by atoms with Gasteiger partial charge in [0, 0.05) is 24.8 Å². The third-order valence-electron chi connectivity index (χ3n) is 3.76. The van der Waals surface area contributed by atoms with Crippen molar-refractivity contribution in [1.29, 1.82) is 0 Å². The molecule has 5 heteroatoms. The smallest absolute Gasteiger partial charge is 0.262 e. The Balaban J connectivity index is 1.91. The summed E-state index contributed by atoms with van der Waals surface area (Å²) in [6, 6.07) is 21.0.